The molecule has 5 nitrogen and oxygen atoms in total. The van der Waals surface area contributed by atoms with Crippen molar-refractivity contribution in [2.45, 2.75) is 13.3 Å². The van der Waals surface area contributed by atoms with Gasteiger partial charge < -0.3 is 9.73 Å². The number of oxazole rings is 1. The highest BCUT2D eigenvalue weighted by atomic mass is 19.1. The van der Waals surface area contributed by atoms with E-state index in [-0.39, 0.29) is 24.6 Å². The first-order valence-corrected chi connectivity index (χ1v) is 8.20. The zero-order valence-electron chi connectivity index (χ0n) is 14.5. The number of halogens is 2. The molecule has 0 aliphatic carbocycles. The van der Waals surface area contributed by atoms with E-state index in [0.717, 1.165) is 0 Å². The maximum Gasteiger partial charge on any atom is 0.226 e. The monoisotopic (exact) mass is 370 g/mol. The van der Waals surface area contributed by atoms with Gasteiger partial charge in [0.2, 0.25) is 11.8 Å². The number of carbonyl (C=O) groups excluding carboxylic acids is 2. The van der Waals surface area contributed by atoms with Gasteiger partial charge in [-0.2, -0.15) is 0 Å². The second-order valence-electron chi connectivity index (χ2n) is 5.92. The summed E-state index contributed by atoms with van der Waals surface area (Å²) in [6, 6.07) is 10.9. The van der Waals surface area contributed by atoms with Gasteiger partial charge in [0.15, 0.2) is 5.78 Å². The van der Waals surface area contributed by atoms with E-state index in [2.05, 4.69) is 10.3 Å². The molecule has 1 amide bonds. The standard InChI is InChI=1S/C20H16F2N2O3/c1-12-17(24-20(27-12)14-3-2-4-16(22)9-14)10-19(26)23-11-18(25)13-5-7-15(21)8-6-13/h2-9H,10-11H2,1H3,(H,23,26). The van der Waals surface area contributed by atoms with Gasteiger partial charge in [0.25, 0.3) is 0 Å². The summed E-state index contributed by atoms with van der Waals surface area (Å²) in [5.74, 6) is -0.937. The minimum absolute atomic E-state index is 0.0820. The number of aryl methyl sites for hydroxylation is 1. The van der Waals surface area contributed by atoms with Crippen LogP contribution < -0.4 is 5.32 Å². The van der Waals surface area contributed by atoms with Gasteiger partial charge in [-0.05, 0) is 49.4 Å². The highest BCUT2D eigenvalue weighted by molar-refractivity contribution is 5.99. The maximum atomic E-state index is 13.3. The van der Waals surface area contributed by atoms with Gasteiger partial charge in [-0.3, -0.25) is 9.59 Å². The van der Waals surface area contributed by atoms with E-state index in [1.807, 2.05) is 0 Å². The molecule has 0 bridgehead atoms. The Bertz CT molecular complexity index is 981. The number of carbonyl (C=O) groups is 2. The molecule has 7 heteroatoms. The number of nitrogens with zero attached hydrogens (tertiary/aromatic N) is 1. The smallest absolute Gasteiger partial charge is 0.226 e. The Labute approximate surface area is 154 Å². The highest BCUT2D eigenvalue weighted by Gasteiger charge is 2.16. The first kappa shape index (κ1) is 18.4. The Morgan fingerprint density at radius 1 is 1.07 bits per heavy atom. The first-order chi connectivity index (χ1) is 12.9. The Morgan fingerprint density at radius 3 is 2.52 bits per heavy atom. The first-order valence-electron chi connectivity index (χ1n) is 8.20. The van der Waals surface area contributed by atoms with Crippen LogP contribution in [0.4, 0.5) is 8.78 Å². The van der Waals surface area contributed by atoms with Crippen LogP contribution in [0.5, 0.6) is 0 Å². The Kier molecular flexibility index (Phi) is 5.40. The average molecular weight is 370 g/mol. The van der Waals surface area contributed by atoms with Crippen LogP contribution in [0.15, 0.2) is 52.9 Å². The second-order valence-corrected chi connectivity index (χ2v) is 5.92. The molecule has 3 aromatic rings. The van der Waals surface area contributed by atoms with E-state index in [4.69, 9.17) is 4.42 Å². The maximum absolute atomic E-state index is 13.3. The lowest BCUT2D eigenvalue weighted by Crippen LogP contribution is -2.31. The van der Waals surface area contributed by atoms with E-state index in [0.29, 0.717) is 22.6 Å². The van der Waals surface area contributed by atoms with Crippen molar-refractivity contribution in [2.24, 2.45) is 0 Å². The molecule has 0 fully saturated rings. The quantitative estimate of drug-likeness (QED) is 0.675. The molecular formula is C20H16F2N2O3. The number of hydrogen-bond acceptors (Lipinski definition) is 4. The molecular weight excluding hydrogens is 354 g/mol. The molecule has 138 valence electrons. The van der Waals surface area contributed by atoms with Gasteiger partial charge in [-0.1, -0.05) is 6.07 Å². The molecule has 27 heavy (non-hydrogen) atoms. The van der Waals surface area contributed by atoms with Crippen molar-refractivity contribution in [3.63, 3.8) is 0 Å². The Hall–Kier alpha value is -3.35. The van der Waals surface area contributed by atoms with Crippen molar-refractivity contribution >= 4 is 11.7 Å². The highest BCUT2D eigenvalue weighted by Crippen LogP contribution is 2.22. The number of hydrogen-bond donors (Lipinski definition) is 1. The molecule has 0 atom stereocenters. The predicted molar refractivity (Wildman–Crippen MR) is 94.1 cm³/mol. The van der Waals surface area contributed by atoms with Crippen LogP contribution >= 0.6 is 0 Å². The van der Waals surface area contributed by atoms with Crippen LogP contribution in [-0.2, 0) is 11.2 Å². The van der Waals surface area contributed by atoms with E-state index >= 15 is 0 Å². The fourth-order valence-corrected chi connectivity index (χ4v) is 2.47. The van der Waals surface area contributed by atoms with Crippen molar-refractivity contribution in [2.75, 3.05) is 6.54 Å². The van der Waals surface area contributed by atoms with Crippen LogP contribution in [-0.4, -0.2) is 23.2 Å². The summed E-state index contributed by atoms with van der Waals surface area (Å²) in [6.45, 7) is 1.44. The molecule has 0 spiro atoms. The van der Waals surface area contributed by atoms with E-state index < -0.39 is 17.5 Å². The summed E-state index contributed by atoms with van der Waals surface area (Å²) >= 11 is 0. The number of ketones is 1. The van der Waals surface area contributed by atoms with Crippen molar-refractivity contribution < 1.29 is 22.8 Å². The van der Waals surface area contributed by atoms with Gasteiger partial charge in [-0.15, -0.1) is 0 Å². The number of Topliss-reactive ketones (excluding diaryl/α,β-unsaturated/α-hetero) is 1. The van der Waals surface area contributed by atoms with Crippen molar-refractivity contribution in [3.05, 3.63) is 77.2 Å². The molecule has 2 aromatic carbocycles. The lowest BCUT2D eigenvalue weighted by Gasteiger charge is -2.04. The van der Waals surface area contributed by atoms with Gasteiger partial charge in [-0.25, -0.2) is 13.8 Å². The summed E-state index contributed by atoms with van der Waals surface area (Å²) in [7, 11) is 0. The zero-order chi connectivity index (χ0) is 19.4. The minimum Gasteiger partial charge on any atom is -0.441 e. The largest absolute Gasteiger partial charge is 0.441 e. The molecule has 0 unspecified atom stereocenters. The number of nitrogens with one attached hydrogen (secondary N) is 1. The number of aromatic nitrogens is 1. The van der Waals surface area contributed by atoms with E-state index in [1.54, 1.807) is 13.0 Å². The second kappa shape index (κ2) is 7.90. The van der Waals surface area contributed by atoms with Crippen molar-refractivity contribution in [1.82, 2.24) is 10.3 Å². The van der Waals surface area contributed by atoms with Crippen LogP contribution in [0.25, 0.3) is 11.5 Å². The molecule has 1 heterocycles. The summed E-state index contributed by atoms with van der Waals surface area (Å²) < 4.78 is 31.7. The van der Waals surface area contributed by atoms with Gasteiger partial charge in [0, 0.05) is 11.1 Å². The Morgan fingerprint density at radius 2 is 1.81 bits per heavy atom. The molecule has 0 saturated carbocycles. The van der Waals surface area contributed by atoms with Crippen molar-refractivity contribution in [1.29, 1.82) is 0 Å². The summed E-state index contributed by atoms with van der Waals surface area (Å²) in [6.07, 6.45) is -0.0820. The fraction of sp³-hybridized carbons (Fsp3) is 0.150. The van der Waals surface area contributed by atoms with Gasteiger partial charge in [0.1, 0.15) is 17.4 Å². The van der Waals surface area contributed by atoms with Gasteiger partial charge >= 0.3 is 0 Å². The molecule has 3 rings (SSSR count). The lowest BCUT2D eigenvalue weighted by molar-refractivity contribution is -0.120. The Balaban J connectivity index is 1.61. The summed E-state index contributed by atoms with van der Waals surface area (Å²) in [5.41, 5.74) is 1.18. The average Bonchev–Trinajstić information content (AvgIpc) is 3.01. The van der Waals surface area contributed by atoms with Crippen LogP contribution in [0, 0.1) is 18.6 Å². The number of benzene rings is 2. The van der Waals surface area contributed by atoms with Crippen LogP contribution in [0.1, 0.15) is 21.8 Å². The predicted octanol–water partition coefficient (Wildman–Crippen LogP) is 3.47. The molecule has 0 saturated heterocycles. The molecule has 0 radical (unpaired) electrons. The molecule has 1 aromatic heterocycles. The fourth-order valence-electron chi connectivity index (χ4n) is 2.47. The normalized spacial score (nSPS) is 10.6. The third kappa shape index (κ3) is 4.63. The zero-order valence-corrected chi connectivity index (χ0v) is 14.5. The summed E-state index contributed by atoms with van der Waals surface area (Å²) in [4.78, 5) is 28.3. The molecule has 1 N–H and O–H groups in total. The minimum atomic E-state index is -0.439. The van der Waals surface area contributed by atoms with E-state index in [1.165, 1.54) is 42.5 Å². The number of rotatable bonds is 6. The molecule has 0 aliphatic rings. The number of amides is 1. The topological polar surface area (TPSA) is 72.2 Å². The molecule has 0 aliphatic heterocycles. The third-order valence-electron chi connectivity index (χ3n) is 3.90. The van der Waals surface area contributed by atoms with Gasteiger partial charge in [0.05, 0.1) is 18.7 Å². The van der Waals surface area contributed by atoms with Crippen molar-refractivity contribution in [3.8, 4) is 11.5 Å². The third-order valence-corrected chi connectivity index (χ3v) is 3.90. The van der Waals surface area contributed by atoms with Crippen LogP contribution in [0.3, 0.4) is 0 Å². The van der Waals surface area contributed by atoms with E-state index in [9.17, 15) is 18.4 Å². The SMILES string of the molecule is Cc1oc(-c2cccc(F)c2)nc1CC(=O)NCC(=O)c1ccc(F)cc1. The van der Waals surface area contributed by atoms with Crippen LogP contribution in [0.2, 0.25) is 0 Å². The lowest BCUT2D eigenvalue weighted by atomic mass is 10.1. The summed E-state index contributed by atoms with van der Waals surface area (Å²) in [5, 5.41) is 2.51.